The van der Waals surface area contributed by atoms with Crippen molar-refractivity contribution in [3.63, 3.8) is 0 Å². The zero-order chi connectivity index (χ0) is 15.5. The predicted molar refractivity (Wildman–Crippen MR) is 83.3 cm³/mol. The highest BCUT2D eigenvalue weighted by Crippen LogP contribution is 2.26. The summed E-state index contributed by atoms with van der Waals surface area (Å²) in [5.74, 6) is -0.222. The fraction of sp³-hybridized carbons (Fsp3) is 0.222. The minimum Gasteiger partial charge on any atom is -0.358 e. The first kappa shape index (κ1) is 14.5. The molecule has 112 valence electrons. The maximum atomic E-state index is 12.9. The standard InChI is InChI=1S/C18H17NO3/c1-13(20)19-12-22-11-17(19)18(21)16-10-6-5-9-15(16)14-7-3-2-4-8-14/h2-10,17H,11-12H2,1H3/t17-/m0/s1. The van der Waals surface area contributed by atoms with E-state index in [1.807, 2.05) is 48.5 Å². The van der Waals surface area contributed by atoms with E-state index in [2.05, 4.69) is 0 Å². The van der Waals surface area contributed by atoms with Crippen LogP contribution in [-0.4, -0.2) is 36.0 Å². The number of carbonyl (C=O) groups is 2. The first-order chi connectivity index (χ1) is 10.7. The average molecular weight is 295 g/mol. The normalized spacial score (nSPS) is 17.5. The molecule has 0 N–H and O–H groups in total. The Morgan fingerprint density at radius 2 is 1.73 bits per heavy atom. The van der Waals surface area contributed by atoms with Gasteiger partial charge in [-0.15, -0.1) is 0 Å². The Bertz CT molecular complexity index is 696. The number of amides is 1. The van der Waals surface area contributed by atoms with E-state index >= 15 is 0 Å². The SMILES string of the molecule is CC(=O)N1COC[C@H]1C(=O)c1ccccc1-c1ccccc1. The van der Waals surface area contributed by atoms with Gasteiger partial charge in [0.1, 0.15) is 12.8 Å². The molecule has 1 aliphatic rings. The summed E-state index contributed by atoms with van der Waals surface area (Å²) >= 11 is 0. The first-order valence-electron chi connectivity index (χ1n) is 7.22. The smallest absolute Gasteiger partial charge is 0.221 e. The van der Waals surface area contributed by atoms with Crippen molar-refractivity contribution in [1.82, 2.24) is 4.90 Å². The summed E-state index contributed by atoms with van der Waals surface area (Å²) in [5.41, 5.74) is 2.48. The summed E-state index contributed by atoms with van der Waals surface area (Å²) in [6.45, 7) is 1.89. The van der Waals surface area contributed by atoms with Gasteiger partial charge in [-0.1, -0.05) is 54.6 Å². The Morgan fingerprint density at radius 3 is 2.45 bits per heavy atom. The lowest BCUT2D eigenvalue weighted by Gasteiger charge is -2.21. The van der Waals surface area contributed by atoms with E-state index < -0.39 is 6.04 Å². The van der Waals surface area contributed by atoms with Crippen molar-refractivity contribution in [2.45, 2.75) is 13.0 Å². The van der Waals surface area contributed by atoms with Gasteiger partial charge >= 0.3 is 0 Å². The molecular formula is C18H17NO3. The molecule has 2 aromatic carbocycles. The van der Waals surface area contributed by atoms with Gasteiger partial charge < -0.3 is 9.64 Å². The Kier molecular flexibility index (Phi) is 4.02. The largest absolute Gasteiger partial charge is 0.358 e. The van der Waals surface area contributed by atoms with Crippen molar-refractivity contribution < 1.29 is 14.3 Å². The molecule has 0 radical (unpaired) electrons. The molecule has 0 spiro atoms. The lowest BCUT2D eigenvalue weighted by Crippen LogP contribution is -2.40. The lowest BCUT2D eigenvalue weighted by atomic mass is 9.94. The number of nitrogens with zero attached hydrogens (tertiary/aromatic N) is 1. The van der Waals surface area contributed by atoms with Gasteiger partial charge in [0.25, 0.3) is 0 Å². The first-order valence-corrected chi connectivity index (χ1v) is 7.22. The minimum absolute atomic E-state index is 0.0767. The fourth-order valence-corrected chi connectivity index (χ4v) is 2.72. The predicted octanol–water partition coefficient (Wildman–Crippen LogP) is 2.74. The molecule has 3 rings (SSSR count). The number of hydrogen-bond donors (Lipinski definition) is 0. The monoisotopic (exact) mass is 295 g/mol. The summed E-state index contributed by atoms with van der Waals surface area (Å²) < 4.78 is 5.30. The second kappa shape index (κ2) is 6.12. The minimum atomic E-state index is -0.539. The number of rotatable bonds is 3. The van der Waals surface area contributed by atoms with Gasteiger partial charge in [-0.2, -0.15) is 0 Å². The third-order valence-corrected chi connectivity index (χ3v) is 3.87. The average Bonchev–Trinajstić information content (AvgIpc) is 3.05. The van der Waals surface area contributed by atoms with Crippen molar-refractivity contribution >= 4 is 11.7 Å². The molecule has 22 heavy (non-hydrogen) atoms. The van der Waals surface area contributed by atoms with Gasteiger partial charge in [-0.3, -0.25) is 9.59 Å². The number of carbonyl (C=O) groups excluding carboxylic acids is 2. The third-order valence-electron chi connectivity index (χ3n) is 3.87. The zero-order valence-corrected chi connectivity index (χ0v) is 12.4. The Balaban J connectivity index is 1.99. The maximum absolute atomic E-state index is 12.9. The van der Waals surface area contributed by atoms with Crippen LogP contribution in [0.5, 0.6) is 0 Å². The van der Waals surface area contributed by atoms with Crippen LogP contribution in [0.25, 0.3) is 11.1 Å². The highest BCUT2D eigenvalue weighted by molar-refractivity contribution is 6.06. The molecule has 0 unspecified atom stereocenters. The highest BCUT2D eigenvalue weighted by Gasteiger charge is 2.34. The van der Waals surface area contributed by atoms with Gasteiger partial charge in [0.2, 0.25) is 5.91 Å². The summed E-state index contributed by atoms with van der Waals surface area (Å²) in [4.78, 5) is 26.0. The lowest BCUT2D eigenvalue weighted by molar-refractivity contribution is -0.130. The molecule has 0 saturated carbocycles. The molecule has 4 heteroatoms. The Morgan fingerprint density at radius 1 is 1.05 bits per heavy atom. The molecular weight excluding hydrogens is 278 g/mol. The topological polar surface area (TPSA) is 46.6 Å². The number of ketones is 1. The zero-order valence-electron chi connectivity index (χ0n) is 12.4. The summed E-state index contributed by atoms with van der Waals surface area (Å²) in [6, 6.07) is 16.7. The van der Waals surface area contributed by atoms with Gasteiger partial charge in [0.05, 0.1) is 6.61 Å². The van der Waals surface area contributed by atoms with E-state index in [9.17, 15) is 9.59 Å². The second-order valence-corrected chi connectivity index (χ2v) is 5.28. The van der Waals surface area contributed by atoms with Crippen molar-refractivity contribution in [1.29, 1.82) is 0 Å². The molecule has 0 aliphatic carbocycles. The molecule has 1 amide bonds. The highest BCUT2D eigenvalue weighted by atomic mass is 16.5. The van der Waals surface area contributed by atoms with Crippen LogP contribution in [0.1, 0.15) is 17.3 Å². The molecule has 1 heterocycles. The maximum Gasteiger partial charge on any atom is 0.221 e. The van der Waals surface area contributed by atoms with E-state index in [-0.39, 0.29) is 25.0 Å². The van der Waals surface area contributed by atoms with Crippen LogP contribution in [0.2, 0.25) is 0 Å². The van der Waals surface area contributed by atoms with Crippen molar-refractivity contribution in [2.75, 3.05) is 13.3 Å². The molecule has 0 aromatic heterocycles. The molecule has 1 saturated heterocycles. The van der Waals surface area contributed by atoms with Gasteiger partial charge in [0.15, 0.2) is 5.78 Å². The second-order valence-electron chi connectivity index (χ2n) is 5.28. The molecule has 2 aromatic rings. The molecule has 0 bridgehead atoms. The van der Waals surface area contributed by atoms with E-state index in [4.69, 9.17) is 4.74 Å². The van der Waals surface area contributed by atoms with Crippen LogP contribution in [-0.2, 0) is 9.53 Å². The summed E-state index contributed by atoms with van der Waals surface area (Å²) in [7, 11) is 0. The van der Waals surface area contributed by atoms with Crippen LogP contribution in [0.4, 0.5) is 0 Å². The molecule has 1 atom stereocenters. The number of Topliss-reactive ketones (excluding diaryl/α,β-unsaturated/α-hetero) is 1. The van der Waals surface area contributed by atoms with Gasteiger partial charge in [-0.25, -0.2) is 0 Å². The van der Waals surface area contributed by atoms with Crippen molar-refractivity contribution in [2.24, 2.45) is 0 Å². The summed E-state index contributed by atoms with van der Waals surface area (Å²) in [5, 5.41) is 0. The van der Waals surface area contributed by atoms with E-state index in [1.165, 1.54) is 11.8 Å². The quantitative estimate of drug-likeness (QED) is 0.818. The van der Waals surface area contributed by atoms with Crippen LogP contribution in [0.3, 0.4) is 0 Å². The van der Waals surface area contributed by atoms with Crippen LogP contribution in [0, 0.1) is 0 Å². The van der Waals surface area contributed by atoms with Gasteiger partial charge in [-0.05, 0) is 11.1 Å². The van der Waals surface area contributed by atoms with E-state index in [1.54, 1.807) is 6.07 Å². The van der Waals surface area contributed by atoms with Crippen LogP contribution in [0.15, 0.2) is 54.6 Å². The Hall–Kier alpha value is -2.46. The number of benzene rings is 2. The van der Waals surface area contributed by atoms with E-state index in [0.29, 0.717) is 5.56 Å². The number of ether oxygens (including phenoxy) is 1. The fourth-order valence-electron chi connectivity index (χ4n) is 2.72. The van der Waals surface area contributed by atoms with Crippen molar-refractivity contribution in [3.8, 4) is 11.1 Å². The molecule has 1 fully saturated rings. The molecule has 4 nitrogen and oxygen atoms in total. The van der Waals surface area contributed by atoms with Crippen molar-refractivity contribution in [3.05, 3.63) is 60.2 Å². The van der Waals surface area contributed by atoms with Crippen LogP contribution >= 0.6 is 0 Å². The van der Waals surface area contributed by atoms with Gasteiger partial charge in [0, 0.05) is 12.5 Å². The van der Waals surface area contributed by atoms with E-state index in [0.717, 1.165) is 11.1 Å². The molecule has 1 aliphatic heterocycles. The number of hydrogen-bond acceptors (Lipinski definition) is 3. The van der Waals surface area contributed by atoms with Crippen LogP contribution < -0.4 is 0 Å². The Labute approximate surface area is 129 Å². The third kappa shape index (κ3) is 2.65. The summed E-state index contributed by atoms with van der Waals surface area (Å²) in [6.07, 6.45) is 0.